The summed E-state index contributed by atoms with van der Waals surface area (Å²) in [5.74, 6) is -0.234. The van der Waals surface area contributed by atoms with E-state index in [1.165, 1.54) is 24.3 Å². The van der Waals surface area contributed by atoms with Gasteiger partial charge in [0.05, 0.1) is 11.2 Å². The molecular formula is C36H24Cl2N2O3. The van der Waals surface area contributed by atoms with Gasteiger partial charge in [-0.25, -0.2) is 0 Å². The third kappa shape index (κ3) is 4.82. The molecule has 7 heteroatoms. The second kappa shape index (κ2) is 10.5. The smallest absolute Gasteiger partial charge is 0.272 e. The highest BCUT2D eigenvalue weighted by molar-refractivity contribution is 6.35. The highest BCUT2D eigenvalue weighted by atomic mass is 35.5. The summed E-state index contributed by atoms with van der Waals surface area (Å²) in [6, 6.07) is 31.0. The van der Waals surface area contributed by atoms with Crippen LogP contribution in [0.5, 0.6) is 0 Å². The van der Waals surface area contributed by atoms with Crippen LogP contribution >= 0.6 is 23.2 Å². The Morgan fingerprint density at radius 2 is 1.40 bits per heavy atom. The molecule has 2 N–H and O–H groups in total. The maximum Gasteiger partial charge on any atom is 0.272 e. The third-order valence-corrected chi connectivity index (χ3v) is 8.30. The number of carbonyl (C=O) groups excluding carboxylic acids is 1. The maximum atomic E-state index is 14.1. The number of ketones is 1. The van der Waals surface area contributed by atoms with Gasteiger partial charge in [-0.05, 0) is 70.8 Å². The van der Waals surface area contributed by atoms with Gasteiger partial charge in [0.25, 0.3) is 5.56 Å². The minimum absolute atomic E-state index is 0.234. The molecule has 210 valence electrons. The van der Waals surface area contributed by atoms with E-state index in [2.05, 4.69) is 4.98 Å². The van der Waals surface area contributed by atoms with E-state index in [-0.39, 0.29) is 11.3 Å². The van der Waals surface area contributed by atoms with Gasteiger partial charge >= 0.3 is 0 Å². The number of aliphatic hydroxyl groups is 1. The zero-order chi connectivity index (χ0) is 29.7. The van der Waals surface area contributed by atoms with Gasteiger partial charge in [-0.3, -0.25) is 9.59 Å². The molecule has 1 aliphatic rings. The summed E-state index contributed by atoms with van der Waals surface area (Å²) < 4.78 is 2.02. The van der Waals surface area contributed by atoms with E-state index in [4.69, 9.17) is 23.2 Å². The zero-order valence-electron chi connectivity index (χ0n) is 22.7. The van der Waals surface area contributed by atoms with Gasteiger partial charge < -0.3 is 14.7 Å². The van der Waals surface area contributed by atoms with Crippen LogP contribution in [0.4, 0.5) is 0 Å². The standard InChI is InChI=1S/C36H24Cl2N2O3/c37-26-17-25(18-27(38)20-26)24-11-12-29-30(19-24)40(21-22-7-3-1-4-8-22)33-32(29)31(23-9-5-2-6-10-23)34(39-35(33)42)36(43)15-13-28(41)14-16-36/h1-20,43H,21H2,(H,39,42). The number of H-pyrrole nitrogens is 1. The monoisotopic (exact) mass is 602 g/mol. The van der Waals surface area contributed by atoms with Crippen LogP contribution in [0.2, 0.25) is 10.0 Å². The van der Waals surface area contributed by atoms with Crippen molar-refractivity contribution < 1.29 is 9.90 Å². The van der Waals surface area contributed by atoms with E-state index in [0.717, 1.165) is 33.2 Å². The van der Waals surface area contributed by atoms with Gasteiger partial charge in [0.2, 0.25) is 0 Å². The lowest BCUT2D eigenvalue weighted by atomic mass is 9.86. The quantitative estimate of drug-likeness (QED) is 0.209. The molecule has 0 spiro atoms. The van der Waals surface area contributed by atoms with Crippen molar-refractivity contribution in [2.45, 2.75) is 12.1 Å². The van der Waals surface area contributed by atoms with Gasteiger partial charge in [0.15, 0.2) is 5.78 Å². The van der Waals surface area contributed by atoms with E-state index < -0.39 is 5.60 Å². The van der Waals surface area contributed by atoms with Crippen molar-refractivity contribution in [1.29, 1.82) is 0 Å². The third-order valence-electron chi connectivity index (χ3n) is 7.86. The number of halogens is 2. The van der Waals surface area contributed by atoms with Crippen molar-refractivity contribution >= 4 is 50.8 Å². The number of nitrogens with one attached hydrogen (secondary N) is 1. The lowest BCUT2D eigenvalue weighted by Gasteiger charge is -2.26. The summed E-state index contributed by atoms with van der Waals surface area (Å²) in [5, 5.41) is 14.4. The number of aromatic nitrogens is 2. The van der Waals surface area contributed by atoms with E-state index in [0.29, 0.717) is 38.8 Å². The number of fused-ring (bicyclic) bond motifs is 3. The number of aromatic amines is 1. The van der Waals surface area contributed by atoms with E-state index in [1.807, 2.05) is 95.6 Å². The first-order valence-corrected chi connectivity index (χ1v) is 14.5. The van der Waals surface area contributed by atoms with Crippen molar-refractivity contribution in [3.8, 4) is 22.3 Å². The summed E-state index contributed by atoms with van der Waals surface area (Å²) in [4.78, 5) is 29.1. The summed E-state index contributed by atoms with van der Waals surface area (Å²) >= 11 is 12.7. The number of pyridine rings is 1. The Morgan fingerprint density at radius 1 is 0.744 bits per heavy atom. The summed E-state index contributed by atoms with van der Waals surface area (Å²) in [6.07, 6.45) is 5.47. The predicted molar refractivity (Wildman–Crippen MR) is 174 cm³/mol. The van der Waals surface area contributed by atoms with Crippen LogP contribution in [0.25, 0.3) is 44.1 Å². The Bertz CT molecular complexity index is 2140. The molecule has 0 bridgehead atoms. The Kier molecular flexibility index (Phi) is 6.66. The molecule has 2 heterocycles. The Morgan fingerprint density at radius 3 is 2.07 bits per heavy atom. The van der Waals surface area contributed by atoms with Crippen molar-refractivity contribution in [3.63, 3.8) is 0 Å². The molecule has 6 aromatic rings. The molecule has 4 aromatic carbocycles. The minimum atomic E-state index is -1.70. The largest absolute Gasteiger partial charge is 0.376 e. The highest BCUT2D eigenvalue weighted by Crippen LogP contribution is 2.42. The molecule has 0 aliphatic heterocycles. The summed E-state index contributed by atoms with van der Waals surface area (Å²) in [7, 11) is 0. The molecule has 2 aromatic heterocycles. The van der Waals surface area contributed by atoms with Crippen LogP contribution < -0.4 is 5.56 Å². The van der Waals surface area contributed by atoms with Crippen LogP contribution in [0.15, 0.2) is 126 Å². The zero-order valence-corrected chi connectivity index (χ0v) is 24.2. The number of hydrogen-bond acceptors (Lipinski definition) is 3. The van der Waals surface area contributed by atoms with Crippen LogP contribution in [0.1, 0.15) is 11.3 Å². The Hall–Kier alpha value is -4.68. The van der Waals surface area contributed by atoms with Crippen molar-refractivity contribution in [2.75, 3.05) is 0 Å². The van der Waals surface area contributed by atoms with Crippen LogP contribution in [0.3, 0.4) is 0 Å². The number of benzene rings is 4. The average Bonchev–Trinajstić information content (AvgIpc) is 3.33. The molecule has 0 saturated carbocycles. The van der Waals surface area contributed by atoms with Gasteiger partial charge in [0.1, 0.15) is 11.1 Å². The highest BCUT2D eigenvalue weighted by Gasteiger charge is 2.33. The van der Waals surface area contributed by atoms with E-state index >= 15 is 0 Å². The molecule has 0 amide bonds. The SMILES string of the molecule is O=C1C=CC(O)(c2[nH]c(=O)c3c(c2-c2ccccc2)c2ccc(-c4cc(Cl)cc(Cl)c4)cc2n3Cc2ccccc2)C=C1. The molecule has 43 heavy (non-hydrogen) atoms. The maximum absolute atomic E-state index is 14.1. The number of hydrogen-bond donors (Lipinski definition) is 2. The lowest BCUT2D eigenvalue weighted by molar-refractivity contribution is -0.110. The first-order valence-electron chi connectivity index (χ1n) is 13.7. The average molecular weight is 604 g/mol. The van der Waals surface area contributed by atoms with Crippen molar-refractivity contribution in [1.82, 2.24) is 9.55 Å². The topological polar surface area (TPSA) is 75.1 Å². The fraction of sp³-hybridized carbons (Fsp3) is 0.0556. The summed E-state index contributed by atoms with van der Waals surface area (Å²) in [6.45, 7) is 0.440. The number of nitrogens with zero attached hydrogens (tertiary/aromatic N) is 1. The van der Waals surface area contributed by atoms with Crippen molar-refractivity contribution in [2.24, 2.45) is 0 Å². The number of carbonyl (C=O) groups is 1. The molecule has 0 unspecified atom stereocenters. The van der Waals surface area contributed by atoms with Crippen molar-refractivity contribution in [3.05, 3.63) is 153 Å². The molecule has 7 rings (SSSR count). The van der Waals surface area contributed by atoms with Crippen LogP contribution in [-0.4, -0.2) is 20.4 Å². The molecular weight excluding hydrogens is 579 g/mol. The molecule has 1 aliphatic carbocycles. The minimum Gasteiger partial charge on any atom is -0.376 e. The lowest BCUT2D eigenvalue weighted by Crippen LogP contribution is -2.29. The molecule has 0 fully saturated rings. The Labute approximate surface area is 256 Å². The van der Waals surface area contributed by atoms with Gasteiger partial charge in [0, 0.05) is 32.9 Å². The molecule has 5 nitrogen and oxygen atoms in total. The van der Waals surface area contributed by atoms with Gasteiger partial charge in [-0.15, -0.1) is 0 Å². The second-order valence-corrected chi connectivity index (χ2v) is 11.5. The molecule has 0 radical (unpaired) electrons. The van der Waals surface area contributed by atoms with Gasteiger partial charge in [-0.1, -0.05) is 96.0 Å². The predicted octanol–water partition coefficient (Wildman–Crippen LogP) is 8.05. The first-order chi connectivity index (χ1) is 20.8. The second-order valence-electron chi connectivity index (χ2n) is 10.6. The summed E-state index contributed by atoms with van der Waals surface area (Å²) in [5.41, 5.74) is 3.82. The van der Waals surface area contributed by atoms with E-state index in [1.54, 1.807) is 6.07 Å². The van der Waals surface area contributed by atoms with Gasteiger partial charge in [-0.2, -0.15) is 0 Å². The normalized spacial score (nSPS) is 14.2. The number of allylic oxidation sites excluding steroid dienone is 2. The number of rotatable bonds is 5. The first kappa shape index (κ1) is 27.2. The molecule has 0 atom stereocenters. The fourth-order valence-corrected chi connectivity index (χ4v) is 6.45. The fourth-order valence-electron chi connectivity index (χ4n) is 5.92. The molecule has 0 saturated heterocycles. The van der Waals surface area contributed by atoms with Crippen LogP contribution in [0, 0.1) is 0 Å². The Balaban J connectivity index is 1.61. The van der Waals surface area contributed by atoms with Crippen LogP contribution in [-0.2, 0) is 16.9 Å². The van der Waals surface area contributed by atoms with E-state index in [9.17, 15) is 14.7 Å².